The van der Waals surface area contributed by atoms with Gasteiger partial charge < -0.3 is 9.84 Å². The molecule has 6 heteroatoms. The molecule has 0 radical (unpaired) electrons. The Morgan fingerprint density at radius 2 is 2.24 bits per heavy atom. The molecular weight excluding hydrogens is 258 g/mol. The molecule has 0 amide bonds. The Balaban J connectivity index is 1.95. The second-order valence-electron chi connectivity index (χ2n) is 3.27. The fourth-order valence-electron chi connectivity index (χ4n) is 1.24. The molecule has 1 N–H and O–H groups in total. The molecular formula is C11H12ClN3OS. The van der Waals surface area contributed by atoms with E-state index in [-0.39, 0.29) is 0 Å². The van der Waals surface area contributed by atoms with Gasteiger partial charge in [-0.05, 0) is 19.1 Å². The van der Waals surface area contributed by atoms with Gasteiger partial charge in [-0.25, -0.2) is 0 Å². The number of halogens is 1. The molecule has 4 nitrogen and oxygen atoms in total. The maximum Gasteiger partial charge on any atom is 0.321 e. The van der Waals surface area contributed by atoms with Crippen molar-refractivity contribution >= 4 is 29.4 Å². The summed E-state index contributed by atoms with van der Waals surface area (Å²) >= 11 is 7.63. The topological polar surface area (TPSA) is 51.0 Å². The summed E-state index contributed by atoms with van der Waals surface area (Å²) in [6.07, 6.45) is 0. The van der Waals surface area contributed by atoms with Gasteiger partial charge in [0.25, 0.3) is 0 Å². The van der Waals surface area contributed by atoms with E-state index < -0.39 is 0 Å². The highest BCUT2D eigenvalue weighted by atomic mass is 35.5. The lowest BCUT2D eigenvalue weighted by Gasteiger charge is -2.00. The number of thioether (sulfide) groups is 1. The third kappa shape index (κ3) is 3.38. The van der Waals surface area contributed by atoms with Gasteiger partial charge in [-0.1, -0.05) is 28.9 Å². The predicted octanol–water partition coefficient (Wildman–Crippen LogP) is 3.45. The predicted molar refractivity (Wildman–Crippen MR) is 69.5 cm³/mol. The van der Waals surface area contributed by atoms with E-state index in [1.165, 1.54) is 0 Å². The first-order chi connectivity index (χ1) is 8.29. The van der Waals surface area contributed by atoms with Gasteiger partial charge in [0.2, 0.25) is 0 Å². The number of anilines is 1. The molecule has 0 saturated carbocycles. The SMILES string of the molecule is CCNc1nc(CSc2ccccc2Cl)no1. The molecule has 0 aliphatic heterocycles. The number of benzene rings is 1. The van der Waals surface area contributed by atoms with Gasteiger partial charge in [0.15, 0.2) is 5.82 Å². The number of aromatic nitrogens is 2. The second-order valence-corrected chi connectivity index (χ2v) is 4.69. The average molecular weight is 270 g/mol. The van der Waals surface area contributed by atoms with Gasteiger partial charge in [-0.15, -0.1) is 11.8 Å². The Morgan fingerprint density at radius 3 is 3.00 bits per heavy atom. The van der Waals surface area contributed by atoms with Gasteiger partial charge in [-0.3, -0.25) is 0 Å². The minimum Gasteiger partial charge on any atom is -0.338 e. The van der Waals surface area contributed by atoms with E-state index in [0.29, 0.717) is 17.6 Å². The van der Waals surface area contributed by atoms with Crippen LogP contribution in [0, 0.1) is 0 Å². The number of nitrogens with zero attached hydrogens (tertiary/aromatic N) is 2. The third-order valence-electron chi connectivity index (χ3n) is 1.99. The molecule has 0 aliphatic carbocycles. The molecule has 2 rings (SSSR count). The van der Waals surface area contributed by atoms with E-state index in [4.69, 9.17) is 16.1 Å². The molecule has 0 bridgehead atoms. The van der Waals surface area contributed by atoms with Crippen molar-refractivity contribution in [2.24, 2.45) is 0 Å². The Bertz CT molecular complexity index is 489. The summed E-state index contributed by atoms with van der Waals surface area (Å²) in [7, 11) is 0. The van der Waals surface area contributed by atoms with Crippen LogP contribution in [-0.2, 0) is 5.75 Å². The van der Waals surface area contributed by atoms with Crippen LogP contribution in [0.4, 0.5) is 6.01 Å². The number of nitrogens with one attached hydrogen (secondary N) is 1. The molecule has 1 aromatic carbocycles. The van der Waals surface area contributed by atoms with Gasteiger partial charge in [0.1, 0.15) is 0 Å². The van der Waals surface area contributed by atoms with Crippen molar-refractivity contribution in [1.82, 2.24) is 10.1 Å². The standard InChI is InChI=1S/C11H12ClN3OS/c1-2-13-11-14-10(15-16-11)7-17-9-6-4-3-5-8(9)12/h3-6H,2,7H2,1H3,(H,13,14,15). The summed E-state index contributed by atoms with van der Waals surface area (Å²) in [5, 5.41) is 7.57. The van der Waals surface area contributed by atoms with Crippen LogP contribution in [0.15, 0.2) is 33.7 Å². The molecule has 0 spiro atoms. The number of rotatable bonds is 5. The summed E-state index contributed by atoms with van der Waals surface area (Å²) in [6.45, 7) is 2.74. The lowest BCUT2D eigenvalue weighted by Crippen LogP contribution is -1.96. The lowest BCUT2D eigenvalue weighted by atomic mass is 10.4. The van der Waals surface area contributed by atoms with Crippen LogP contribution >= 0.6 is 23.4 Å². The fraction of sp³-hybridized carbons (Fsp3) is 0.273. The molecule has 0 unspecified atom stereocenters. The first-order valence-corrected chi connectivity index (χ1v) is 6.59. The van der Waals surface area contributed by atoms with Crippen molar-refractivity contribution < 1.29 is 4.52 Å². The largest absolute Gasteiger partial charge is 0.338 e. The highest BCUT2D eigenvalue weighted by Gasteiger charge is 2.06. The van der Waals surface area contributed by atoms with E-state index in [2.05, 4.69) is 15.5 Å². The van der Waals surface area contributed by atoms with Crippen LogP contribution < -0.4 is 5.32 Å². The van der Waals surface area contributed by atoms with Crippen molar-refractivity contribution in [3.05, 3.63) is 35.1 Å². The summed E-state index contributed by atoms with van der Waals surface area (Å²) in [4.78, 5) is 5.21. The Hall–Kier alpha value is -1.20. The summed E-state index contributed by atoms with van der Waals surface area (Å²) < 4.78 is 5.01. The van der Waals surface area contributed by atoms with Crippen molar-refractivity contribution in [2.45, 2.75) is 17.6 Å². The first-order valence-electron chi connectivity index (χ1n) is 5.23. The molecule has 0 fully saturated rings. The fourth-order valence-corrected chi connectivity index (χ4v) is 2.32. The highest BCUT2D eigenvalue weighted by Crippen LogP contribution is 2.28. The van der Waals surface area contributed by atoms with Crippen molar-refractivity contribution in [3.8, 4) is 0 Å². The number of hydrogen-bond acceptors (Lipinski definition) is 5. The van der Waals surface area contributed by atoms with Crippen molar-refractivity contribution in [1.29, 1.82) is 0 Å². The maximum atomic E-state index is 6.05. The zero-order valence-electron chi connectivity index (χ0n) is 9.31. The van der Waals surface area contributed by atoms with E-state index in [9.17, 15) is 0 Å². The molecule has 2 aromatic rings. The van der Waals surface area contributed by atoms with Crippen LogP contribution in [-0.4, -0.2) is 16.7 Å². The molecule has 1 aromatic heterocycles. The molecule has 17 heavy (non-hydrogen) atoms. The van der Waals surface area contributed by atoms with Crippen LogP contribution in [0.2, 0.25) is 5.02 Å². The molecule has 1 heterocycles. The summed E-state index contributed by atoms with van der Waals surface area (Å²) in [5.74, 6) is 1.30. The van der Waals surface area contributed by atoms with E-state index >= 15 is 0 Å². The van der Waals surface area contributed by atoms with E-state index in [1.807, 2.05) is 31.2 Å². The zero-order valence-corrected chi connectivity index (χ0v) is 10.9. The smallest absolute Gasteiger partial charge is 0.321 e. The highest BCUT2D eigenvalue weighted by molar-refractivity contribution is 7.98. The van der Waals surface area contributed by atoms with Crippen LogP contribution in [0.1, 0.15) is 12.7 Å². The van der Waals surface area contributed by atoms with Crippen molar-refractivity contribution in [2.75, 3.05) is 11.9 Å². The molecule has 0 atom stereocenters. The quantitative estimate of drug-likeness (QED) is 0.843. The Kier molecular flexibility index (Phi) is 4.28. The second kappa shape index (κ2) is 5.93. The Labute approximate surface area is 109 Å². The summed E-state index contributed by atoms with van der Waals surface area (Å²) in [6, 6.07) is 8.16. The molecule has 0 saturated heterocycles. The van der Waals surface area contributed by atoms with E-state index in [1.54, 1.807) is 11.8 Å². The van der Waals surface area contributed by atoms with Gasteiger partial charge in [0, 0.05) is 11.4 Å². The monoisotopic (exact) mass is 269 g/mol. The first kappa shape index (κ1) is 12.3. The Morgan fingerprint density at radius 1 is 1.41 bits per heavy atom. The normalized spacial score (nSPS) is 10.5. The van der Waals surface area contributed by atoms with E-state index in [0.717, 1.165) is 16.5 Å². The van der Waals surface area contributed by atoms with Gasteiger partial charge in [0.05, 0.1) is 10.8 Å². The minimum absolute atomic E-state index is 0.460. The maximum absolute atomic E-state index is 6.05. The van der Waals surface area contributed by atoms with Gasteiger partial charge in [-0.2, -0.15) is 4.98 Å². The van der Waals surface area contributed by atoms with Gasteiger partial charge >= 0.3 is 6.01 Å². The van der Waals surface area contributed by atoms with Crippen molar-refractivity contribution in [3.63, 3.8) is 0 Å². The zero-order chi connectivity index (χ0) is 12.1. The average Bonchev–Trinajstić information content (AvgIpc) is 2.76. The molecule has 90 valence electrons. The number of hydrogen-bond donors (Lipinski definition) is 1. The minimum atomic E-state index is 0.460. The van der Waals surface area contributed by atoms with Crippen LogP contribution in [0.3, 0.4) is 0 Å². The van der Waals surface area contributed by atoms with Crippen LogP contribution in [0.5, 0.6) is 0 Å². The summed E-state index contributed by atoms with van der Waals surface area (Å²) in [5.41, 5.74) is 0. The molecule has 0 aliphatic rings. The third-order valence-corrected chi connectivity index (χ3v) is 3.50. The lowest BCUT2D eigenvalue weighted by molar-refractivity contribution is 0.425. The van der Waals surface area contributed by atoms with Crippen LogP contribution in [0.25, 0.3) is 0 Å².